The van der Waals surface area contributed by atoms with E-state index < -0.39 is 10.9 Å². The van der Waals surface area contributed by atoms with Crippen molar-refractivity contribution in [1.29, 1.82) is 0 Å². The number of nitro groups is 1. The van der Waals surface area contributed by atoms with Gasteiger partial charge in [-0.25, -0.2) is 4.79 Å². The monoisotopic (exact) mass is 452 g/mol. The Hall–Kier alpha value is -3.72. The maximum Gasteiger partial charge on any atom is 0.339 e. The van der Waals surface area contributed by atoms with Gasteiger partial charge in [0.2, 0.25) is 0 Å². The van der Waals surface area contributed by atoms with Crippen molar-refractivity contribution in [2.24, 2.45) is 10.7 Å². The number of carbonyl (C=O) groups is 1. The highest BCUT2D eigenvalue weighted by Crippen LogP contribution is 2.24. The van der Waals surface area contributed by atoms with Gasteiger partial charge in [0, 0.05) is 42.1 Å². The van der Waals surface area contributed by atoms with Crippen LogP contribution in [0.2, 0.25) is 0 Å². The van der Waals surface area contributed by atoms with Crippen LogP contribution in [0.4, 0.5) is 5.69 Å². The average Bonchev–Trinajstić information content (AvgIpc) is 3.02. The first kappa shape index (κ1) is 23.9. The maximum atomic E-state index is 11.7. The molecule has 0 aromatic heterocycles. The smallest absolute Gasteiger partial charge is 0.339 e. The molecule has 4 N–H and O–H groups in total. The van der Waals surface area contributed by atoms with Gasteiger partial charge in [-0.3, -0.25) is 15.1 Å². The number of hydrogen-bond acceptors (Lipinski definition) is 7. The lowest BCUT2D eigenvalue weighted by Gasteiger charge is -2.19. The molecule has 33 heavy (non-hydrogen) atoms. The van der Waals surface area contributed by atoms with Gasteiger partial charge in [-0.1, -0.05) is 25.5 Å². The van der Waals surface area contributed by atoms with Crippen LogP contribution >= 0.6 is 0 Å². The van der Waals surface area contributed by atoms with Gasteiger partial charge in [0.1, 0.15) is 5.76 Å². The molecule has 9 nitrogen and oxygen atoms in total. The number of benzene rings is 1. The molecule has 0 saturated carbocycles. The number of nitrogens with one attached hydrogen (secondary N) is 1. The zero-order valence-corrected chi connectivity index (χ0v) is 18.5. The summed E-state index contributed by atoms with van der Waals surface area (Å²) in [5, 5.41) is 23.6. The van der Waals surface area contributed by atoms with E-state index in [-0.39, 0.29) is 17.3 Å². The number of nitro benzene ring substituents is 1. The lowest BCUT2D eigenvalue weighted by atomic mass is 9.98. The average molecular weight is 453 g/mol. The number of carboxylic acid groups (broad SMARTS) is 1. The van der Waals surface area contributed by atoms with Crippen molar-refractivity contribution in [2.75, 3.05) is 13.2 Å². The molecule has 2 aliphatic rings. The number of carboxylic acids is 1. The molecule has 9 heteroatoms. The van der Waals surface area contributed by atoms with Gasteiger partial charge in [-0.05, 0) is 36.6 Å². The fourth-order valence-corrected chi connectivity index (χ4v) is 3.49. The lowest BCUT2D eigenvalue weighted by Crippen LogP contribution is -2.31. The zero-order valence-electron chi connectivity index (χ0n) is 18.5. The number of nitrogens with two attached hydrogens (primary N) is 1. The molecule has 1 aromatic carbocycles. The van der Waals surface area contributed by atoms with Crippen molar-refractivity contribution in [2.45, 2.75) is 38.6 Å². The van der Waals surface area contributed by atoms with Crippen molar-refractivity contribution >= 4 is 23.1 Å². The summed E-state index contributed by atoms with van der Waals surface area (Å²) in [6.45, 7) is 3.04. The first-order valence-corrected chi connectivity index (χ1v) is 10.9. The first-order chi connectivity index (χ1) is 15.9. The van der Waals surface area contributed by atoms with E-state index in [2.05, 4.69) is 10.3 Å². The summed E-state index contributed by atoms with van der Waals surface area (Å²) in [5.74, 6) is -0.682. The van der Waals surface area contributed by atoms with E-state index in [1.54, 1.807) is 30.5 Å². The summed E-state index contributed by atoms with van der Waals surface area (Å²) in [5.41, 5.74) is 9.79. The van der Waals surface area contributed by atoms with Crippen LogP contribution in [-0.2, 0) is 9.53 Å². The van der Waals surface area contributed by atoms with E-state index in [0.29, 0.717) is 37.4 Å². The topological polar surface area (TPSA) is 140 Å². The Balaban J connectivity index is 1.72. The number of rotatable bonds is 10. The normalized spacial score (nSPS) is 16.7. The van der Waals surface area contributed by atoms with Crippen molar-refractivity contribution in [1.82, 2.24) is 5.32 Å². The molecule has 1 heterocycles. The van der Waals surface area contributed by atoms with E-state index in [1.807, 2.05) is 13.0 Å². The highest BCUT2D eigenvalue weighted by Gasteiger charge is 2.20. The quantitative estimate of drug-likeness (QED) is 0.279. The molecule has 0 saturated heterocycles. The Morgan fingerprint density at radius 1 is 1.33 bits per heavy atom. The zero-order chi connectivity index (χ0) is 23.8. The number of allylic oxidation sites excluding steroid dienone is 3. The van der Waals surface area contributed by atoms with Gasteiger partial charge in [0.05, 0.1) is 29.3 Å². The SMILES string of the molecule is CCCCOC1=CC=C(C(N)CC2=NC(c3ccc([N+](=O)[O-])cc3)=CNC2)CC=C1C(=O)O. The minimum Gasteiger partial charge on any atom is -0.493 e. The third-order valence-electron chi connectivity index (χ3n) is 5.37. The predicted molar refractivity (Wildman–Crippen MR) is 126 cm³/mol. The molecular weight excluding hydrogens is 424 g/mol. The predicted octanol–water partition coefficient (Wildman–Crippen LogP) is 3.70. The molecule has 0 radical (unpaired) electrons. The largest absolute Gasteiger partial charge is 0.493 e. The maximum absolute atomic E-state index is 11.7. The standard InChI is InChI=1S/C24H28N4O5/c1-2-3-12-33-23-11-7-16(6-10-20(23)24(29)30)21(25)13-18-14-26-15-22(27-18)17-4-8-19(9-5-17)28(31)32/h4-5,7-11,15,21,26H,2-3,6,12-14,25H2,1H3,(H,29,30). The molecule has 1 unspecified atom stereocenters. The summed E-state index contributed by atoms with van der Waals surface area (Å²) in [6.07, 6.45) is 9.62. The van der Waals surface area contributed by atoms with Gasteiger partial charge < -0.3 is 20.9 Å². The summed E-state index contributed by atoms with van der Waals surface area (Å²) < 4.78 is 5.68. The second-order valence-electron chi connectivity index (χ2n) is 7.80. The molecule has 174 valence electrons. The van der Waals surface area contributed by atoms with Crippen LogP contribution in [0.5, 0.6) is 0 Å². The third kappa shape index (κ3) is 6.39. The van der Waals surface area contributed by atoms with Crippen molar-refractivity contribution in [3.05, 3.63) is 81.3 Å². The number of aliphatic imine (C=N–C) groups is 1. The van der Waals surface area contributed by atoms with E-state index >= 15 is 0 Å². The number of unbranched alkanes of at least 4 members (excludes halogenated alkanes) is 1. The number of ether oxygens (including phenoxy) is 1. The Morgan fingerprint density at radius 3 is 2.76 bits per heavy atom. The van der Waals surface area contributed by atoms with Gasteiger partial charge in [0.25, 0.3) is 5.69 Å². The summed E-state index contributed by atoms with van der Waals surface area (Å²) >= 11 is 0. The number of nitrogens with zero attached hydrogens (tertiary/aromatic N) is 2. The Labute approximate surface area is 192 Å². The molecule has 3 rings (SSSR count). The molecule has 0 bridgehead atoms. The second kappa shape index (κ2) is 11.2. The number of aliphatic carboxylic acids is 1. The number of hydrogen-bond donors (Lipinski definition) is 3. The minimum atomic E-state index is -1.03. The minimum absolute atomic E-state index is 0.0227. The van der Waals surface area contributed by atoms with Crippen molar-refractivity contribution in [3.8, 4) is 0 Å². The van der Waals surface area contributed by atoms with E-state index in [4.69, 9.17) is 10.5 Å². The highest BCUT2D eigenvalue weighted by atomic mass is 16.6. The van der Waals surface area contributed by atoms with Crippen LogP contribution in [-0.4, -0.2) is 40.9 Å². The van der Waals surface area contributed by atoms with Gasteiger partial charge in [0.15, 0.2) is 0 Å². The van der Waals surface area contributed by atoms with Crippen LogP contribution < -0.4 is 11.1 Å². The Kier molecular flexibility index (Phi) is 8.15. The molecular formula is C24H28N4O5. The van der Waals surface area contributed by atoms with Crippen LogP contribution in [0.25, 0.3) is 5.70 Å². The fraction of sp³-hybridized carbons (Fsp3) is 0.333. The van der Waals surface area contributed by atoms with Gasteiger partial charge >= 0.3 is 5.97 Å². The first-order valence-electron chi connectivity index (χ1n) is 10.9. The van der Waals surface area contributed by atoms with E-state index in [9.17, 15) is 20.0 Å². The second-order valence-corrected chi connectivity index (χ2v) is 7.80. The van der Waals surface area contributed by atoms with Crippen molar-refractivity contribution < 1.29 is 19.6 Å². The highest BCUT2D eigenvalue weighted by molar-refractivity contribution is 5.94. The van der Waals surface area contributed by atoms with Crippen LogP contribution in [0.1, 0.15) is 38.2 Å². The van der Waals surface area contributed by atoms with Gasteiger partial charge in [-0.15, -0.1) is 0 Å². The fourth-order valence-electron chi connectivity index (χ4n) is 3.49. The molecule has 0 spiro atoms. The molecule has 0 amide bonds. The molecule has 1 aromatic rings. The third-order valence-corrected chi connectivity index (χ3v) is 5.37. The Morgan fingerprint density at radius 2 is 2.09 bits per heavy atom. The molecule has 1 aliphatic carbocycles. The summed E-state index contributed by atoms with van der Waals surface area (Å²) in [4.78, 5) is 26.8. The Bertz CT molecular complexity index is 1050. The number of non-ortho nitro benzene ring substituents is 1. The van der Waals surface area contributed by atoms with Crippen molar-refractivity contribution in [3.63, 3.8) is 0 Å². The lowest BCUT2D eigenvalue weighted by molar-refractivity contribution is -0.384. The summed E-state index contributed by atoms with van der Waals surface area (Å²) in [7, 11) is 0. The van der Waals surface area contributed by atoms with Crippen LogP contribution in [0.3, 0.4) is 0 Å². The molecule has 1 atom stereocenters. The summed E-state index contributed by atoms with van der Waals surface area (Å²) in [6, 6.07) is 5.87. The van der Waals surface area contributed by atoms with E-state index in [0.717, 1.165) is 29.7 Å². The molecule has 0 fully saturated rings. The van der Waals surface area contributed by atoms with E-state index in [1.165, 1.54) is 12.1 Å². The van der Waals surface area contributed by atoms with Crippen LogP contribution in [0.15, 0.2) is 70.6 Å². The van der Waals surface area contributed by atoms with Crippen LogP contribution in [0, 0.1) is 10.1 Å². The molecule has 1 aliphatic heterocycles. The van der Waals surface area contributed by atoms with Gasteiger partial charge in [-0.2, -0.15) is 0 Å².